The molecule has 0 aromatic rings. The number of carbonyl (C=O) groups excluding carboxylic acids is 1. The van der Waals surface area contributed by atoms with Crippen molar-refractivity contribution in [1.82, 2.24) is 0 Å². The molecule has 1 rings (SSSR count). The first-order valence-corrected chi connectivity index (χ1v) is 7.81. The van der Waals surface area contributed by atoms with Gasteiger partial charge in [0.1, 0.15) is 6.10 Å². The zero-order chi connectivity index (χ0) is 13.4. The van der Waals surface area contributed by atoms with Crippen LogP contribution >= 0.6 is 0 Å². The molecule has 2 heteroatoms. The molecule has 0 aromatic carbocycles. The normalized spacial score (nSPS) is 24.2. The molecule has 0 amide bonds. The summed E-state index contributed by atoms with van der Waals surface area (Å²) in [6.07, 6.45) is 10.1. The van der Waals surface area contributed by atoms with Crippen molar-refractivity contribution < 1.29 is 9.53 Å². The van der Waals surface area contributed by atoms with E-state index in [4.69, 9.17) is 4.74 Å². The Morgan fingerprint density at radius 2 is 1.83 bits per heavy atom. The third kappa shape index (κ3) is 6.42. The van der Waals surface area contributed by atoms with Crippen LogP contribution in [0.15, 0.2) is 0 Å². The highest BCUT2D eigenvalue weighted by Gasteiger charge is 2.24. The zero-order valence-corrected chi connectivity index (χ0v) is 12.4. The SMILES string of the molecule is CCCCCC(=O)OC1CCC(CC(C)C)CC1. The lowest BCUT2D eigenvalue weighted by molar-refractivity contribution is -0.151. The van der Waals surface area contributed by atoms with Crippen LogP contribution in [0.25, 0.3) is 0 Å². The van der Waals surface area contributed by atoms with Crippen molar-refractivity contribution in [2.45, 2.75) is 84.7 Å². The molecule has 18 heavy (non-hydrogen) atoms. The van der Waals surface area contributed by atoms with Gasteiger partial charge in [0, 0.05) is 6.42 Å². The van der Waals surface area contributed by atoms with Crippen molar-refractivity contribution in [1.29, 1.82) is 0 Å². The van der Waals surface area contributed by atoms with Crippen LogP contribution in [0.5, 0.6) is 0 Å². The van der Waals surface area contributed by atoms with Crippen molar-refractivity contribution in [2.24, 2.45) is 11.8 Å². The van der Waals surface area contributed by atoms with Gasteiger partial charge in [0.25, 0.3) is 0 Å². The minimum Gasteiger partial charge on any atom is -0.462 e. The van der Waals surface area contributed by atoms with Crippen molar-refractivity contribution >= 4 is 5.97 Å². The molecule has 2 nitrogen and oxygen atoms in total. The van der Waals surface area contributed by atoms with E-state index < -0.39 is 0 Å². The summed E-state index contributed by atoms with van der Waals surface area (Å²) in [6, 6.07) is 0. The monoisotopic (exact) mass is 254 g/mol. The molecule has 0 N–H and O–H groups in total. The second-order valence-electron chi connectivity index (χ2n) is 6.22. The van der Waals surface area contributed by atoms with Crippen LogP contribution in [0, 0.1) is 11.8 Å². The molecule has 1 fully saturated rings. The molecule has 0 heterocycles. The molecule has 0 bridgehead atoms. The number of carbonyl (C=O) groups is 1. The molecule has 0 radical (unpaired) electrons. The number of esters is 1. The standard InChI is InChI=1S/C16H30O2/c1-4-5-6-7-16(17)18-15-10-8-14(9-11-15)12-13(2)3/h13-15H,4-12H2,1-3H3. The lowest BCUT2D eigenvalue weighted by Gasteiger charge is -2.29. The van der Waals surface area contributed by atoms with Crippen LogP contribution < -0.4 is 0 Å². The summed E-state index contributed by atoms with van der Waals surface area (Å²) in [6.45, 7) is 6.74. The molecule has 106 valence electrons. The molecule has 1 aliphatic carbocycles. The fraction of sp³-hybridized carbons (Fsp3) is 0.938. The Morgan fingerprint density at radius 3 is 2.39 bits per heavy atom. The molecule has 0 unspecified atom stereocenters. The Balaban J connectivity index is 2.13. The predicted octanol–water partition coefficient (Wildman–Crippen LogP) is 4.71. The second-order valence-corrected chi connectivity index (χ2v) is 6.22. The number of ether oxygens (including phenoxy) is 1. The highest BCUT2D eigenvalue weighted by atomic mass is 16.5. The van der Waals surface area contributed by atoms with Crippen LogP contribution in [0.2, 0.25) is 0 Å². The van der Waals surface area contributed by atoms with E-state index in [2.05, 4.69) is 20.8 Å². The molecule has 0 aromatic heterocycles. The topological polar surface area (TPSA) is 26.3 Å². The lowest BCUT2D eigenvalue weighted by atomic mass is 9.82. The van der Waals surface area contributed by atoms with E-state index in [1.54, 1.807) is 0 Å². The highest BCUT2D eigenvalue weighted by molar-refractivity contribution is 5.69. The van der Waals surface area contributed by atoms with Crippen molar-refractivity contribution in [2.75, 3.05) is 0 Å². The molecule has 0 atom stereocenters. The van der Waals surface area contributed by atoms with Gasteiger partial charge in [-0.1, -0.05) is 33.6 Å². The highest BCUT2D eigenvalue weighted by Crippen LogP contribution is 2.30. The van der Waals surface area contributed by atoms with Gasteiger partial charge in [0.15, 0.2) is 0 Å². The Morgan fingerprint density at radius 1 is 1.17 bits per heavy atom. The van der Waals surface area contributed by atoms with Gasteiger partial charge in [-0.25, -0.2) is 0 Å². The number of rotatable bonds is 7. The van der Waals surface area contributed by atoms with E-state index in [-0.39, 0.29) is 12.1 Å². The van der Waals surface area contributed by atoms with Crippen molar-refractivity contribution in [3.63, 3.8) is 0 Å². The van der Waals surface area contributed by atoms with Gasteiger partial charge in [0.2, 0.25) is 0 Å². The van der Waals surface area contributed by atoms with Crippen LogP contribution in [0.4, 0.5) is 0 Å². The second kappa shape index (κ2) is 8.55. The number of hydrogen-bond acceptors (Lipinski definition) is 2. The Kier molecular flexibility index (Phi) is 7.38. The van der Waals surface area contributed by atoms with Gasteiger partial charge < -0.3 is 4.74 Å². The summed E-state index contributed by atoms with van der Waals surface area (Å²) < 4.78 is 5.55. The molecule has 1 saturated carbocycles. The van der Waals surface area contributed by atoms with Crippen molar-refractivity contribution in [3.05, 3.63) is 0 Å². The van der Waals surface area contributed by atoms with Crippen LogP contribution in [0.3, 0.4) is 0 Å². The molecular weight excluding hydrogens is 224 g/mol. The molecule has 0 saturated heterocycles. The van der Waals surface area contributed by atoms with E-state index in [0.717, 1.165) is 43.9 Å². The van der Waals surface area contributed by atoms with Crippen LogP contribution in [-0.4, -0.2) is 12.1 Å². The maximum absolute atomic E-state index is 11.6. The lowest BCUT2D eigenvalue weighted by Crippen LogP contribution is -2.25. The van der Waals surface area contributed by atoms with Crippen molar-refractivity contribution in [3.8, 4) is 0 Å². The third-order valence-corrected chi connectivity index (χ3v) is 3.88. The predicted molar refractivity (Wildman–Crippen MR) is 75.4 cm³/mol. The van der Waals surface area contributed by atoms with Gasteiger partial charge >= 0.3 is 5.97 Å². The Labute approximate surface area is 112 Å². The fourth-order valence-electron chi connectivity index (χ4n) is 2.92. The smallest absolute Gasteiger partial charge is 0.306 e. The average Bonchev–Trinajstić information content (AvgIpc) is 2.31. The van der Waals surface area contributed by atoms with E-state index in [1.165, 1.54) is 19.3 Å². The Bertz CT molecular complexity index is 227. The van der Waals surface area contributed by atoms with Crippen LogP contribution in [0.1, 0.15) is 78.6 Å². The third-order valence-electron chi connectivity index (χ3n) is 3.88. The molecule has 0 spiro atoms. The number of hydrogen-bond donors (Lipinski definition) is 0. The first-order valence-electron chi connectivity index (χ1n) is 7.81. The first kappa shape index (κ1) is 15.5. The fourth-order valence-corrected chi connectivity index (χ4v) is 2.92. The first-order chi connectivity index (χ1) is 8.61. The van der Waals surface area contributed by atoms with Crippen LogP contribution in [-0.2, 0) is 9.53 Å². The van der Waals surface area contributed by atoms with E-state index in [9.17, 15) is 4.79 Å². The summed E-state index contributed by atoms with van der Waals surface area (Å²) in [5.74, 6) is 1.68. The van der Waals surface area contributed by atoms with Gasteiger partial charge in [-0.2, -0.15) is 0 Å². The maximum atomic E-state index is 11.6. The van der Waals surface area contributed by atoms with E-state index in [1.807, 2.05) is 0 Å². The minimum atomic E-state index is 0.0239. The minimum absolute atomic E-state index is 0.0239. The summed E-state index contributed by atoms with van der Waals surface area (Å²) in [5, 5.41) is 0. The number of unbranched alkanes of at least 4 members (excludes halogenated alkanes) is 2. The van der Waals surface area contributed by atoms with Gasteiger partial charge in [0.05, 0.1) is 0 Å². The summed E-state index contributed by atoms with van der Waals surface area (Å²) in [4.78, 5) is 11.6. The Hall–Kier alpha value is -0.530. The molecular formula is C16H30O2. The largest absolute Gasteiger partial charge is 0.462 e. The average molecular weight is 254 g/mol. The van der Waals surface area contributed by atoms with Gasteiger partial charge in [-0.3, -0.25) is 4.79 Å². The maximum Gasteiger partial charge on any atom is 0.306 e. The van der Waals surface area contributed by atoms with Gasteiger partial charge in [-0.05, 0) is 50.4 Å². The quantitative estimate of drug-likeness (QED) is 0.485. The van der Waals surface area contributed by atoms with E-state index in [0.29, 0.717) is 6.42 Å². The summed E-state index contributed by atoms with van der Waals surface area (Å²) in [7, 11) is 0. The summed E-state index contributed by atoms with van der Waals surface area (Å²) in [5.41, 5.74) is 0. The zero-order valence-electron chi connectivity index (χ0n) is 12.4. The molecule has 0 aliphatic heterocycles. The van der Waals surface area contributed by atoms with Gasteiger partial charge in [-0.15, -0.1) is 0 Å². The molecule has 1 aliphatic rings. The summed E-state index contributed by atoms with van der Waals surface area (Å²) >= 11 is 0. The van der Waals surface area contributed by atoms with E-state index >= 15 is 0 Å².